The summed E-state index contributed by atoms with van der Waals surface area (Å²) < 4.78 is 4.27. The zero-order chi connectivity index (χ0) is 27.3. The highest BCUT2D eigenvalue weighted by molar-refractivity contribution is 6.35. The molecule has 0 unspecified atom stereocenters. The first-order chi connectivity index (χ1) is 19.6. The Hall–Kier alpha value is -4.61. The van der Waals surface area contributed by atoms with E-state index in [9.17, 15) is 4.79 Å². The molecular weight excluding hydrogens is 516 g/mol. The van der Waals surface area contributed by atoms with Crippen LogP contribution in [0.5, 0.6) is 0 Å². The van der Waals surface area contributed by atoms with Gasteiger partial charge in [0.05, 0.1) is 35.8 Å². The summed E-state index contributed by atoms with van der Waals surface area (Å²) in [7, 11) is 0. The topological polar surface area (TPSA) is 43.1 Å². The zero-order valence-electron chi connectivity index (χ0n) is 22.0. The fraction of sp³-hybridized carbons (Fsp3) is 0.118. The molecule has 1 aliphatic heterocycles. The largest absolute Gasteiger partial charge is 0.317 e. The lowest BCUT2D eigenvalue weighted by Gasteiger charge is -2.38. The van der Waals surface area contributed by atoms with Gasteiger partial charge >= 0.3 is 0 Å². The molecule has 196 valence electrons. The second kappa shape index (κ2) is 9.54. The normalized spacial score (nSPS) is 13.2. The van der Waals surface area contributed by atoms with Gasteiger partial charge < -0.3 is 14.0 Å². The number of fused-ring (bicyclic) bond motifs is 3. The molecule has 0 spiro atoms. The SMILES string of the molecule is Cc1c(CN2Cn3c(cc4cccc(Cl)c43)C2=O)ncn1C(c1ccccc1)(c1ccccc1)c1ccccc1. The van der Waals surface area contributed by atoms with Crippen molar-refractivity contribution >= 4 is 28.4 Å². The quantitative estimate of drug-likeness (QED) is 0.208. The van der Waals surface area contributed by atoms with Gasteiger partial charge in [-0.05, 0) is 35.7 Å². The Kier molecular flexibility index (Phi) is 5.83. The zero-order valence-corrected chi connectivity index (χ0v) is 22.8. The molecule has 6 aromatic rings. The van der Waals surface area contributed by atoms with Crippen LogP contribution in [0.1, 0.15) is 38.6 Å². The molecule has 7 rings (SSSR count). The second-order valence-electron chi connectivity index (χ2n) is 10.2. The fourth-order valence-corrected chi connectivity index (χ4v) is 6.48. The molecule has 0 saturated carbocycles. The molecule has 0 bridgehead atoms. The molecule has 4 aromatic carbocycles. The number of para-hydroxylation sites is 1. The third-order valence-electron chi connectivity index (χ3n) is 8.07. The lowest BCUT2D eigenvalue weighted by molar-refractivity contribution is 0.0755. The van der Waals surface area contributed by atoms with E-state index in [1.165, 1.54) is 0 Å². The predicted molar refractivity (Wildman–Crippen MR) is 158 cm³/mol. The predicted octanol–water partition coefficient (Wildman–Crippen LogP) is 7.25. The molecule has 2 aromatic heterocycles. The number of imidazole rings is 1. The first-order valence-corrected chi connectivity index (χ1v) is 13.7. The Bertz CT molecular complexity index is 1740. The van der Waals surface area contributed by atoms with Crippen LogP contribution >= 0.6 is 11.6 Å². The van der Waals surface area contributed by atoms with E-state index in [-0.39, 0.29) is 5.91 Å². The van der Waals surface area contributed by atoms with E-state index >= 15 is 0 Å². The van der Waals surface area contributed by atoms with Crippen molar-refractivity contribution in [2.24, 2.45) is 0 Å². The number of amides is 1. The summed E-state index contributed by atoms with van der Waals surface area (Å²) in [6.45, 7) is 2.94. The van der Waals surface area contributed by atoms with E-state index in [1.807, 2.05) is 58.3 Å². The van der Waals surface area contributed by atoms with Crippen molar-refractivity contribution in [1.82, 2.24) is 19.0 Å². The minimum atomic E-state index is -0.650. The lowest BCUT2D eigenvalue weighted by atomic mass is 9.76. The van der Waals surface area contributed by atoms with Crippen molar-refractivity contribution < 1.29 is 4.79 Å². The van der Waals surface area contributed by atoms with Gasteiger partial charge in [0, 0.05) is 11.1 Å². The maximum absolute atomic E-state index is 13.5. The third-order valence-corrected chi connectivity index (χ3v) is 8.38. The molecule has 1 aliphatic rings. The van der Waals surface area contributed by atoms with Crippen LogP contribution in [0.3, 0.4) is 0 Å². The van der Waals surface area contributed by atoms with Gasteiger partial charge in [-0.25, -0.2) is 4.98 Å². The second-order valence-corrected chi connectivity index (χ2v) is 10.6. The summed E-state index contributed by atoms with van der Waals surface area (Å²) >= 11 is 6.52. The minimum absolute atomic E-state index is 0.0124. The van der Waals surface area contributed by atoms with Crippen LogP contribution in [0.25, 0.3) is 10.9 Å². The number of hydrogen-bond donors (Lipinski definition) is 0. The van der Waals surface area contributed by atoms with E-state index in [4.69, 9.17) is 16.6 Å². The number of rotatable bonds is 6. The highest BCUT2D eigenvalue weighted by Gasteiger charge is 2.40. The summed E-state index contributed by atoms with van der Waals surface area (Å²) in [4.78, 5) is 20.2. The average Bonchev–Trinajstić information content (AvgIpc) is 3.64. The number of aromatic nitrogens is 3. The maximum Gasteiger partial charge on any atom is 0.272 e. The third kappa shape index (κ3) is 3.62. The van der Waals surface area contributed by atoms with E-state index in [0.717, 1.165) is 39.0 Å². The van der Waals surface area contributed by atoms with E-state index in [1.54, 1.807) is 0 Å². The Morgan fingerprint density at radius 2 is 1.38 bits per heavy atom. The minimum Gasteiger partial charge on any atom is -0.317 e. The van der Waals surface area contributed by atoms with Crippen molar-refractivity contribution in [3.05, 3.63) is 160 Å². The molecule has 0 N–H and O–H groups in total. The molecular formula is C34H27ClN4O. The van der Waals surface area contributed by atoms with Gasteiger partial charge in [-0.3, -0.25) is 4.79 Å². The molecule has 0 atom stereocenters. The Morgan fingerprint density at radius 1 is 0.800 bits per heavy atom. The molecule has 6 heteroatoms. The van der Waals surface area contributed by atoms with Gasteiger partial charge in [0.15, 0.2) is 0 Å². The van der Waals surface area contributed by atoms with Crippen LogP contribution in [0, 0.1) is 6.92 Å². The van der Waals surface area contributed by atoms with Gasteiger partial charge in [-0.1, -0.05) is 115 Å². The molecule has 1 amide bonds. The van der Waals surface area contributed by atoms with Crippen molar-refractivity contribution in [2.75, 3.05) is 0 Å². The molecule has 0 aliphatic carbocycles. The summed E-state index contributed by atoms with van der Waals surface area (Å²) in [5.74, 6) is -0.0124. The Balaban J connectivity index is 1.34. The molecule has 0 fully saturated rings. The number of benzene rings is 4. The molecule has 0 radical (unpaired) electrons. The first-order valence-electron chi connectivity index (χ1n) is 13.4. The lowest BCUT2D eigenvalue weighted by Crippen LogP contribution is -2.38. The van der Waals surface area contributed by atoms with E-state index < -0.39 is 5.54 Å². The van der Waals surface area contributed by atoms with Crippen molar-refractivity contribution in [3.8, 4) is 0 Å². The average molecular weight is 543 g/mol. The van der Waals surface area contributed by atoms with Crippen LogP contribution in [0.15, 0.2) is 122 Å². The molecule has 40 heavy (non-hydrogen) atoms. The number of halogens is 1. The van der Waals surface area contributed by atoms with Crippen LogP contribution < -0.4 is 0 Å². The number of hydrogen-bond acceptors (Lipinski definition) is 2. The van der Waals surface area contributed by atoms with Gasteiger partial charge in [0.1, 0.15) is 11.2 Å². The highest BCUT2D eigenvalue weighted by atomic mass is 35.5. The van der Waals surface area contributed by atoms with E-state index in [0.29, 0.717) is 23.9 Å². The summed E-state index contributed by atoms with van der Waals surface area (Å²) in [5.41, 5.74) is 6.17. The monoisotopic (exact) mass is 542 g/mol. The number of carbonyl (C=O) groups excluding carboxylic acids is 1. The van der Waals surface area contributed by atoms with Crippen molar-refractivity contribution in [1.29, 1.82) is 0 Å². The van der Waals surface area contributed by atoms with Gasteiger partial charge in [-0.2, -0.15) is 0 Å². The molecule has 0 saturated heterocycles. The van der Waals surface area contributed by atoms with Crippen LogP contribution in [-0.4, -0.2) is 24.9 Å². The fourth-order valence-electron chi connectivity index (χ4n) is 6.20. The summed E-state index contributed by atoms with van der Waals surface area (Å²) in [5, 5.41) is 1.63. The maximum atomic E-state index is 13.5. The van der Waals surface area contributed by atoms with Crippen molar-refractivity contribution in [2.45, 2.75) is 25.7 Å². The van der Waals surface area contributed by atoms with Crippen LogP contribution in [0.4, 0.5) is 0 Å². The Labute approximate surface area is 237 Å². The van der Waals surface area contributed by atoms with E-state index in [2.05, 4.69) is 84.3 Å². The van der Waals surface area contributed by atoms with Gasteiger partial charge in [-0.15, -0.1) is 0 Å². The van der Waals surface area contributed by atoms with Crippen molar-refractivity contribution in [3.63, 3.8) is 0 Å². The van der Waals surface area contributed by atoms with Gasteiger partial charge in [0.25, 0.3) is 5.91 Å². The highest BCUT2D eigenvalue weighted by Crippen LogP contribution is 2.42. The molecule has 3 heterocycles. The number of nitrogens with zero attached hydrogens (tertiary/aromatic N) is 4. The molecule has 5 nitrogen and oxygen atoms in total. The van der Waals surface area contributed by atoms with Crippen LogP contribution in [-0.2, 0) is 18.8 Å². The van der Waals surface area contributed by atoms with Gasteiger partial charge in [0.2, 0.25) is 0 Å². The smallest absolute Gasteiger partial charge is 0.272 e. The van der Waals surface area contributed by atoms with Crippen LogP contribution in [0.2, 0.25) is 5.02 Å². The first kappa shape index (κ1) is 24.4. The number of carbonyl (C=O) groups is 1. The standard InChI is InChI=1S/C34H27ClN4O/c1-24-30(21-37-23-38-31(33(37)40)20-25-12-11-19-29(35)32(25)38)36-22-39(24)34(26-13-5-2-6-14-26,27-15-7-3-8-16-27)28-17-9-4-10-18-28/h2-20,22H,21,23H2,1H3. The summed E-state index contributed by atoms with van der Waals surface area (Å²) in [6.07, 6.45) is 1.92. The Morgan fingerprint density at radius 3 is 1.95 bits per heavy atom. The summed E-state index contributed by atoms with van der Waals surface area (Å²) in [6, 6.07) is 39.3.